The zero-order valence-corrected chi connectivity index (χ0v) is 10.3. The van der Waals surface area contributed by atoms with Crippen LogP contribution in [-0.4, -0.2) is 10.1 Å². The van der Waals surface area contributed by atoms with Gasteiger partial charge in [-0.15, -0.1) is 11.3 Å². The number of aromatic amines is 1. The number of halogens is 1. The van der Waals surface area contributed by atoms with Crippen molar-refractivity contribution in [2.75, 3.05) is 0 Å². The van der Waals surface area contributed by atoms with Crippen molar-refractivity contribution >= 4 is 35.2 Å². The number of benzene rings is 1. The second kappa shape index (κ2) is 3.96. The second-order valence-corrected chi connectivity index (χ2v) is 5.44. The Bertz CT molecular complexity index is 559. The third-order valence-corrected chi connectivity index (χ3v) is 3.44. The minimum absolute atomic E-state index is 0.201. The fourth-order valence-electron chi connectivity index (χ4n) is 1.37. The number of hydrogen-bond donors (Lipinski definition) is 2. The first-order valence-corrected chi connectivity index (χ1v) is 5.87. The highest BCUT2D eigenvalue weighted by molar-refractivity contribution is 7.73. The quantitative estimate of drug-likeness (QED) is 0.754. The standard InChI is InChI=1S/C10H8ClNOS2/c1-5-9(12-10(14)15-5)7-4-6(11)2-3-8(7)13/h2-4,13H,1H3,(H,12,14). The SMILES string of the molecule is Cc1sc(=S)[nH]c1-c1cc(Cl)ccc1O. The molecule has 1 heterocycles. The lowest BCUT2D eigenvalue weighted by molar-refractivity contribution is 0.477. The normalized spacial score (nSPS) is 10.5. The number of thiazole rings is 1. The summed E-state index contributed by atoms with van der Waals surface area (Å²) in [6, 6.07) is 4.94. The van der Waals surface area contributed by atoms with E-state index < -0.39 is 0 Å². The summed E-state index contributed by atoms with van der Waals surface area (Å²) in [7, 11) is 0. The van der Waals surface area contributed by atoms with Crippen LogP contribution in [0.15, 0.2) is 18.2 Å². The van der Waals surface area contributed by atoms with E-state index in [2.05, 4.69) is 4.98 Å². The summed E-state index contributed by atoms with van der Waals surface area (Å²) in [5.41, 5.74) is 1.53. The molecule has 0 atom stereocenters. The van der Waals surface area contributed by atoms with Crippen molar-refractivity contribution in [1.82, 2.24) is 4.98 Å². The smallest absolute Gasteiger partial charge is 0.159 e. The fraction of sp³-hybridized carbons (Fsp3) is 0.100. The predicted octanol–water partition coefficient (Wildman–Crippen LogP) is 4.14. The number of nitrogens with one attached hydrogen (secondary N) is 1. The van der Waals surface area contributed by atoms with E-state index in [4.69, 9.17) is 23.8 Å². The van der Waals surface area contributed by atoms with Crippen molar-refractivity contribution in [2.24, 2.45) is 0 Å². The molecule has 0 fully saturated rings. The van der Waals surface area contributed by atoms with Gasteiger partial charge in [0.15, 0.2) is 3.95 Å². The Labute approximate surface area is 101 Å². The monoisotopic (exact) mass is 257 g/mol. The van der Waals surface area contributed by atoms with Gasteiger partial charge in [0.1, 0.15) is 5.75 Å². The molecule has 78 valence electrons. The molecule has 1 aromatic heterocycles. The van der Waals surface area contributed by atoms with E-state index in [9.17, 15) is 5.11 Å². The van der Waals surface area contributed by atoms with Crippen molar-refractivity contribution in [3.63, 3.8) is 0 Å². The molecule has 2 nitrogen and oxygen atoms in total. The van der Waals surface area contributed by atoms with Gasteiger partial charge in [0.25, 0.3) is 0 Å². The lowest BCUT2D eigenvalue weighted by Gasteiger charge is -2.03. The molecule has 5 heteroatoms. The molecule has 1 aromatic carbocycles. The van der Waals surface area contributed by atoms with Crippen LogP contribution in [0.5, 0.6) is 5.75 Å². The fourth-order valence-corrected chi connectivity index (χ4v) is 2.71. The highest BCUT2D eigenvalue weighted by Gasteiger charge is 2.10. The number of phenolic OH excluding ortho intramolecular Hbond substituents is 1. The summed E-state index contributed by atoms with van der Waals surface area (Å²) >= 11 is 12.4. The molecule has 0 spiro atoms. The average molecular weight is 258 g/mol. The van der Waals surface area contributed by atoms with E-state index in [0.29, 0.717) is 14.5 Å². The number of aromatic nitrogens is 1. The number of aryl methyl sites for hydroxylation is 1. The first kappa shape index (κ1) is 10.7. The third-order valence-electron chi connectivity index (χ3n) is 2.05. The van der Waals surface area contributed by atoms with Gasteiger partial charge in [0, 0.05) is 15.5 Å². The summed E-state index contributed by atoms with van der Waals surface area (Å²) in [6.45, 7) is 1.95. The molecule has 0 saturated heterocycles. The Morgan fingerprint density at radius 1 is 1.47 bits per heavy atom. The molecule has 0 aliphatic heterocycles. The number of hydrogen-bond acceptors (Lipinski definition) is 3. The molecule has 0 unspecified atom stereocenters. The van der Waals surface area contributed by atoms with Crippen LogP contribution in [0.4, 0.5) is 0 Å². The molecule has 0 radical (unpaired) electrons. The maximum absolute atomic E-state index is 9.71. The Morgan fingerprint density at radius 2 is 2.20 bits per heavy atom. The molecule has 2 rings (SSSR count). The van der Waals surface area contributed by atoms with Crippen LogP contribution in [0.1, 0.15) is 4.88 Å². The van der Waals surface area contributed by atoms with Crippen LogP contribution in [0.25, 0.3) is 11.3 Å². The van der Waals surface area contributed by atoms with Crippen LogP contribution in [0.3, 0.4) is 0 Å². The first-order valence-electron chi connectivity index (χ1n) is 4.26. The third kappa shape index (κ3) is 2.07. The maximum atomic E-state index is 9.71. The van der Waals surface area contributed by atoms with Gasteiger partial charge in [0.2, 0.25) is 0 Å². The number of phenols is 1. The zero-order valence-electron chi connectivity index (χ0n) is 7.87. The van der Waals surface area contributed by atoms with Crippen molar-refractivity contribution in [2.45, 2.75) is 6.92 Å². The largest absolute Gasteiger partial charge is 0.507 e. The van der Waals surface area contributed by atoms with Crippen LogP contribution < -0.4 is 0 Å². The molecule has 15 heavy (non-hydrogen) atoms. The highest BCUT2D eigenvalue weighted by Crippen LogP contribution is 2.34. The Balaban J connectivity index is 2.68. The van der Waals surface area contributed by atoms with Gasteiger partial charge in [-0.25, -0.2) is 0 Å². The van der Waals surface area contributed by atoms with E-state index in [1.807, 2.05) is 6.92 Å². The van der Waals surface area contributed by atoms with Gasteiger partial charge in [-0.1, -0.05) is 11.6 Å². The minimum atomic E-state index is 0.201. The molecule has 0 saturated carbocycles. The lowest BCUT2D eigenvalue weighted by atomic mass is 10.1. The molecule has 2 aromatic rings. The number of H-pyrrole nitrogens is 1. The highest BCUT2D eigenvalue weighted by atomic mass is 35.5. The summed E-state index contributed by atoms with van der Waals surface area (Å²) < 4.78 is 0.696. The van der Waals surface area contributed by atoms with E-state index in [1.54, 1.807) is 18.2 Å². The summed E-state index contributed by atoms with van der Waals surface area (Å²) in [5.74, 6) is 0.201. The summed E-state index contributed by atoms with van der Waals surface area (Å²) in [6.07, 6.45) is 0. The van der Waals surface area contributed by atoms with Gasteiger partial charge in [-0.3, -0.25) is 0 Å². The van der Waals surface area contributed by atoms with Gasteiger partial charge in [0.05, 0.1) is 5.69 Å². The molecular weight excluding hydrogens is 250 g/mol. The Morgan fingerprint density at radius 3 is 2.80 bits per heavy atom. The predicted molar refractivity (Wildman–Crippen MR) is 66.4 cm³/mol. The van der Waals surface area contributed by atoms with Crippen molar-refractivity contribution in [3.8, 4) is 17.0 Å². The lowest BCUT2D eigenvalue weighted by Crippen LogP contribution is -1.81. The van der Waals surface area contributed by atoms with E-state index in [-0.39, 0.29) is 5.75 Å². The van der Waals surface area contributed by atoms with Crippen LogP contribution in [0.2, 0.25) is 5.02 Å². The summed E-state index contributed by atoms with van der Waals surface area (Å²) in [5, 5.41) is 10.3. The van der Waals surface area contributed by atoms with Crippen LogP contribution >= 0.6 is 35.2 Å². The van der Waals surface area contributed by atoms with E-state index >= 15 is 0 Å². The van der Waals surface area contributed by atoms with E-state index in [1.165, 1.54) is 11.3 Å². The summed E-state index contributed by atoms with van der Waals surface area (Å²) in [4.78, 5) is 4.08. The van der Waals surface area contributed by atoms with Gasteiger partial charge in [-0.2, -0.15) is 0 Å². The molecular formula is C10H8ClNOS2. The maximum Gasteiger partial charge on any atom is 0.159 e. The van der Waals surface area contributed by atoms with E-state index in [0.717, 1.165) is 10.6 Å². The number of rotatable bonds is 1. The van der Waals surface area contributed by atoms with Crippen LogP contribution in [-0.2, 0) is 0 Å². The first-order chi connectivity index (χ1) is 7.08. The zero-order chi connectivity index (χ0) is 11.0. The second-order valence-electron chi connectivity index (χ2n) is 3.11. The molecule has 0 bridgehead atoms. The number of aromatic hydroxyl groups is 1. The topological polar surface area (TPSA) is 36.0 Å². The van der Waals surface area contributed by atoms with Crippen molar-refractivity contribution in [1.29, 1.82) is 0 Å². The average Bonchev–Trinajstić information content (AvgIpc) is 2.50. The molecule has 2 N–H and O–H groups in total. The van der Waals surface area contributed by atoms with Gasteiger partial charge in [-0.05, 0) is 37.3 Å². The minimum Gasteiger partial charge on any atom is -0.507 e. The van der Waals surface area contributed by atoms with Gasteiger partial charge >= 0.3 is 0 Å². The van der Waals surface area contributed by atoms with Crippen LogP contribution in [0, 0.1) is 10.9 Å². The molecule has 0 amide bonds. The molecule has 0 aliphatic rings. The van der Waals surface area contributed by atoms with Crippen molar-refractivity contribution in [3.05, 3.63) is 32.1 Å². The Kier molecular flexibility index (Phi) is 2.82. The van der Waals surface area contributed by atoms with Crippen molar-refractivity contribution < 1.29 is 5.11 Å². The van der Waals surface area contributed by atoms with Gasteiger partial charge < -0.3 is 10.1 Å². The Hall–Kier alpha value is -0.840. The molecule has 0 aliphatic carbocycles.